The molecule has 2 atom stereocenters. The molecule has 1 heterocycles. The molecule has 1 amide bonds. The standard InChI is InChI=1S/C18H22F3N3O4/c1-4-28-16(26)13-10-14(24(23-13)12-8-6-5-7-9-12)15(25)22-17(2,11-27-3)18(19,20)21/h5-9,14H,4,10-11H2,1-3H3,(H,22,25). The van der Waals surface area contributed by atoms with Crippen molar-refractivity contribution in [3.8, 4) is 0 Å². The van der Waals surface area contributed by atoms with Crippen LogP contribution in [0.4, 0.5) is 18.9 Å². The van der Waals surface area contributed by atoms with Crippen LogP contribution in [0, 0.1) is 0 Å². The summed E-state index contributed by atoms with van der Waals surface area (Å²) in [6, 6.07) is 7.25. The van der Waals surface area contributed by atoms with Gasteiger partial charge in [-0.2, -0.15) is 18.3 Å². The number of esters is 1. The predicted octanol–water partition coefficient (Wildman–Crippen LogP) is 2.27. The minimum atomic E-state index is -4.74. The van der Waals surface area contributed by atoms with Crippen LogP contribution in [0.5, 0.6) is 0 Å². The predicted molar refractivity (Wildman–Crippen MR) is 95.9 cm³/mol. The smallest absolute Gasteiger partial charge is 0.413 e. The van der Waals surface area contributed by atoms with Crippen LogP contribution < -0.4 is 10.3 Å². The largest absolute Gasteiger partial charge is 0.461 e. The van der Waals surface area contributed by atoms with Gasteiger partial charge >= 0.3 is 12.1 Å². The van der Waals surface area contributed by atoms with E-state index in [1.165, 1.54) is 5.01 Å². The third-order valence-corrected chi connectivity index (χ3v) is 4.20. The van der Waals surface area contributed by atoms with Gasteiger partial charge in [0.1, 0.15) is 11.8 Å². The first kappa shape index (κ1) is 21.7. The summed E-state index contributed by atoms with van der Waals surface area (Å²) in [6.45, 7) is 1.81. The number of carbonyl (C=O) groups excluding carboxylic acids is 2. The van der Waals surface area contributed by atoms with E-state index in [1.54, 1.807) is 37.3 Å². The summed E-state index contributed by atoms with van der Waals surface area (Å²) in [6.07, 6.45) is -4.92. The second-order valence-electron chi connectivity index (χ2n) is 6.42. The lowest BCUT2D eigenvalue weighted by molar-refractivity contribution is -0.205. The fourth-order valence-electron chi connectivity index (χ4n) is 2.70. The van der Waals surface area contributed by atoms with E-state index in [0.717, 1.165) is 14.0 Å². The van der Waals surface area contributed by atoms with E-state index in [2.05, 4.69) is 9.84 Å². The summed E-state index contributed by atoms with van der Waals surface area (Å²) >= 11 is 0. The van der Waals surface area contributed by atoms with Crippen LogP contribution in [0.15, 0.2) is 35.4 Å². The van der Waals surface area contributed by atoms with Crippen LogP contribution in [0.25, 0.3) is 0 Å². The van der Waals surface area contributed by atoms with Gasteiger partial charge in [-0.3, -0.25) is 9.80 Å². The van der Waals surface area contributed by atoms with Crippen LogP contribution in [0.2, 0.25) is 0 Å². The molecule has 0 fully saturated rings. The van der Waals surface area contributed by atoms with Crippen LogP contribution in [0.1, 0.15) is 20.3 Å². The van der Waals surface area contributed by atoms with E-state index < -0.39 is 36.2 Å². The average molecular weight is 401 g/mol. The SMILES string of the molecule is CCOC(=O)C1=NN(c2ccccc2)C(C(=O)NC(C)(COC)C(F)(F)F)C1. The molecule has 0 bridgehead atoms. The molecule has 1 aromatic carbocycles. The van der Waals surface area contributed by atoms with Crippen molar-refractivity contribution in [2.45, 2.75) is 38.0 Å². The Bertz CT molecular complexity index is 739. The number of carbonyl (C=O) groups is 2. The van der Waals surface area contributed by atoms with Gasteiger partial charge in [0.05, 0.1) is 18.9 Å². The Kier molecular flexibility index (Phi) is 6.65. The van der Waals surface area contributed by atoms with Crippen LogP contribution in [-0.4, -0.2) is 55.7 Å². The highest BCUT2D eigenvalue weighted by Crippen LogP contribution is 2.32. The molecule has 0 radical (unpaired) electrons. The van der Waals surface area contributed by atoms with Gasteiger partial charge in [-0.05, 0) is 26.0 Å². The topological polar surface area (TPSA) is 80.2 Å². The molecular weight excluding hydrogens is 379 g/mol. The number of nitrogens with one attached hydrogen (secondary N) is 1. The van der Waals surface area contributed by atoms with Crippen molar-refractivity contribution < 1.29 is 32.2 Å². The summed E-state index contributed by atoms with van der Waals surface area (Å²) < 4.78 is 49.9. The Balaban J connectivity index is 2.31. The minimum Gasteiger partial charge on any atom is -0.461 e. The summed E-state index contributed by atoms with van der Waals surface area (Å²) in [5.41, 5.74) is -2.16. The Hall–Kier alpha value is -2.62. The highest BCUT2D eigenvalue weighted by Gasteiger charge is 2.53. The van der Waals surface area contributed by atoms with Crippen LogP contribution in [0.3, 0.4) is 0 Å². The van der Waals surface area contributed by atoms with Crippen molar-refractivity contribution in [1.29, 1.82) is 0 Å². The number of hydrogen-bond donors (Lipinski definition) is 1. The zero-order valence-electron chi connectivity index (χ0n) is 15.7. The molecule has 28 heavy (non-hydrogen) atoms. The quantitative estimate of drug-likeness (QED) is 0.709. The van der Waals surface area contributed by atoms with Crippen molar-refractivity contribution in [1.82, 2.24) is 5.32 Å². The molecule has 1 aliphatic heterocycles. The normalized spacial score (nSPS) is 19.0. The third-order valence-electron chi connectivity index (χ3n) is 4.20. The second kappa shape index (κ2) is 8.59. The van der Waals surface area contributed by atoms with Gasteiger partial charge < -0.3 is 14.8 Å². The molecule has 1 N–H and O–H groups in total. The summed E-state index contributed by atoms with van der Waals surface area (Å²) in [5, 5.41) is 7.36. The van der Waals surface area contributed by atoms with Crippen LogP contribution in [-0.2, 0) is 19.1 Å². The molecule has 0 spiro atoms. The monoisotopic (exact) mass is 401 g/mol. The Morgan fingerprint density at radius 3 is 2.46 bits per heavy atom. The zero-order valence-corrected chi connectivity index (χ0v) is 15.7. The molecule has 154 valence electrons. The number of nitrogens with zero attached hydrogens (tertiary/aromatic N) is 2. The first-order valence-corrected chi connectivity index (χ1v) is 8.59. The first-order valence-electron chi connectivity index (χ1n) is 8.59. The molecule has 0 aromatic heterocycles. The van der Waals surface area contributed by atoms with E-state index in [-0.39, 0.29) is 18.7 Å². The lowest BCUT2D eigenvalue weighted by Gasteiger charge is -2.34. The fraction of sp³-hybridized carbons (Fsp3) is 0.500. The van der Waals surface area contributed by atoms with Crippen molar-refractivity contribution in [3.63, 3.8) is 0 Å². The third kappa shape index (κ3) is 4.61. The first-order chi connectivity index (χ1) is 13.1. The Morgan fingerprint density at radius 2 is 1.93 bits per heavy atom. The highest BCUT2D eigenvalue weighted by molar-refractivity contribution is 6.38. The summed E-state index contributed by atoms with van der Waals surface area (Å²) in [5.74, 6) is -1.64. The van der Waals surface area contributed by atoms with E-state index in [4.69, 9.17) is 4.74 Å². The molecular formula is C18H22F3N3O4. The van der Waals surface area contributed by atoms with Gasteiger partial charge in [-0.15, -0.1) is 0 Å². The van der Waals surface area contributed by atoms with Gasteiger partial charge in [0.2, 0.25) is 5.91 Å². The highest BCUT2D eigenvalue weighted by atomic mass is 19.4. The van der Waals surface area contributed by atoms with Crippen molar-refractivity contribution in [2.75, 3.05) is 25.3 Å². The molecule has 2 unspecified atom stereocenters. The molecule has 1 aromatic rings. The van der Waals surface area contributed by atoms with E-state index in [9.17, 15) is 22.8 Å². The number of alkyl halides is 3. The van der Waals surface area contributed by atoms with E-state index in [0.29, 0.717) is 5.69 Å². The number of para-hydroxylation sites is 1. The number of anilines is 1. The fourth-order valence-corrected chi connectivity index (χ4v) is 2.70. The number of amides is 1. The maximum atomic E-state index is 13.5. The van der Waals surface area contributed by atoms with E-state index in [1.807, 2.05) is 5.32 Å². The number of halogens is 3. The number of methoxy groups -OCH3 is 1. The molecule has 0 saturated carbocycles. The maximum Gasteiger partial charge on any atom is 0.413 e. The minimum absolute atomic E-state index is 0.0358. The lowest BCUT2D eigenvalue weighted by atomic mass is 10.0. The van der Waals surface area contributed by atoms with Crippen molar-refractivity contribution in [3.05, 3.63) is 30.3 Å². The molecule has 7 nitrogen and oxygen atoms in total. The summed E-state index contributed by atoms with van der Waals surface area (Å²) in [4.78, 5) is 24.8. The van der Waals surface area contributed by atoms with Gasteiger partial charge in [0.15, 0.2) is 5.54 Å². The summed E-state index contributed by atoms with van der Waals surface area (Å²) in [7, 11) is 1.12. The lowest BCUT2D eigenvalue weighted by Crippen LogP contribution is -2.62. The molecule has 1 aliphatic rings. The van der Waals surface area contributed by atoms with Crippen molar-refractivity contribution >= 4 is 23.3 Å². The number of rotatable bonds is 7. The zero-order chi connectivity index (χ0) is 20.9. The molecule has 2 rings (SSSR count). The van der Waals surface area contributed by atoms with Gasteiger partial charge in [0, 0.05) is 13.5 Å². The van der Waals surface area contributed by atoms with E-state index >= 15 is 0 Å². The van der Waals surface area contributed by atoms with Crippen LogP contribution >= 0.6 is 0 Å². The molecule has 0 aliphatic carbocycles. The molecule has 0 saturated heterocycles. The number of hydrazone groups is 1. The van der Waals surface area contributed by atoms with Crippen molar-refractivity contribution in [2.24, 2.45) is 5.10 Å². The Labute approximate surface area is 160 Å². The average Bonchev–Trinajstić information content (AvgIpc) is 3.07. The molecule has 10 heteroatoms. The number of benzene rings is 1. The maximum absolute atomic E-state index is 13.5. The van der Waals surface area contributed by atoms with Gasteiger partial charge in [-0.25, -0.2) is 4.79 Å². The van der Waals surface area contributed by atoms with Gasteiger partial charge in [-0.1, -0.05) is 18.2 Å². The van der Waals surface area contributed by atoms with Gasteiger partial charge in [0.25, 0.3) is 0 Å². The number of ether oxygens (including phenoxy) is 2. The Morgan fingerprint density at radius 1 is 1.29 bits per heavy atom. The second-order valence-corrected chi connectivity index (χ2v) is 6.42. The number of hydrogen-bond acceptors (Lipinski definition) is 6.